The fraction of sp³-hybridized carbons (Fsp3) is 0.120. The molecule has 2 aromatic heterocycles. The second kappa shape index (κ2) is 10.9. The van der Waals surface area contributed by atoms with E-state index in [0.717, 1.165) is 22.6 Å². The lowest BCUT2D eigenvalue weighted by Crippen LogP contribution is -2.27. The lowest BCUT2D eigenvalue weighted by molar-refractivity contribution is 0.501. The molecule has 4 aromatic rings. The number of hydrogen-bond donors (Lipinski definition) is 2. The topological polar surface area (TPSA) is 90.0 Å². The van der Waals surface area contributed by atoms with Crippen molar-refractivity contribution in [3.05, 3.63) is 91.3 Å². The lowest BCUT2D eigenvalue weighted by atomic mass is 10.0. The van der Waals surface area contributed by atoms with Crippen LogP contribution in [0.25, 0.3) is 11.1 Å². The average Bonchev–Trinajstić information content (AvgIpc) is 3.36. The van der Waals surface area contributed by atoms with Crippen LogP contribution in [0.3, 0.4) is 0 Å². The van der Waals surface area contributed by atoms with Crippen LogP contribution >= 0.6 is 12.2 Å². The summed E-state index contributed by atoms with van der Waals surface area (Å²) in [6.07, 6.45) is 5.11. The Kier molecular flexibility index (Phi) is 7.25. The number of benzene rings is 2. The Morgan fingerprint density at radius 2 is 1.79 bits per heavy atom. The summed E-state index contributed by atoms with van der Waals surface area (Å²) in [6, 6.07) is 24.0. The molecule has 0 aliphatic carbocycles. The number of anilines is 3. The molecule has 0 saturated carbocycles. The van der Waals surface area contributed by atoms with Crippen molar-refractivity contribution < 1.29 is 4.42 Å². The maximum Gasteiger partial charge on any atom is 0.175 e. The van der Waals surface area contributed by atoms with E-state index in [-0.39, 0.29) is 0 Å². The van der Waals surface area contributed by atoms with Crippen LogP contribution in [0, 0.1) is 11.3 Å². The molecule has 0 spiro atoms. The molecule has 0 fully saturated rings. The Bertz CT molecular complexity index is 1240. The van der Waals surface area contributed by atoms with Gasteiger partial charge < -0.3 is 20.0 Å². The van der Waals surface area contributed by atoms with Gasteiger partial charge in [-0.3, -0.25) is 0 Å². The lowest BCUT2D eigenvalue weighted by Gasteiger charge is -2.24. The van der Waals surface area contributed by atoms with E-state index < -0.39 is 0 Å². The van der Waals surface area contributed by atoms with Gasteiger partial charge in [-0.2, -0.15) is 5.26 Å². The van der Waals surface area contributed by atoms with Crippen LogP contribution in [0.4, 0.5) is 17.2 Å². The number of nitrogens with zero attached hydrogens (tertiary/aromatic N) is 4. The van der Waals surface area contributed by atoms with Gasteiger partial charge in [0.1, 0.15) is 17.8 Å². The summed E-state index contributed by atoms with van der Waals surface area (Å²) in [7, 11) is 0. The van der Waals surface area contributed by atoms with Crippen molar-refractivity contribution in [1.82, 2.24) is 9.97 Å². The maximum atomic E-state index is 9.11. The summed E-state index contributed by atoms with van der Waals surface area (Å²) >= 11 is 5.61. The van der Waals surface area contributed by atoms with E-state index in [1.165, 1.54) is 6.33 Å². The van der Waals surface area contributed by atoms with E-state index in [9.17, 15) is 0 Å². The Labute approximate surface area is 197 Å². The second-order valence-corrected chi connectivity index (χ2v) is 7.57. The fourth-order valence-electron chi connectivity index (χ4n) is 3.44. The zero-order valence-corrected chi connectivity index (χ0v) is 18.6. The molecular weight excluding hydrogens is 432 g/mol. The van der Waals surface area contributed by atoms with Crippen LogP contribution in [0.2, 0.25) is 0 Å². The van der Waals surface area contributed by atoms with Crippen molar-refractivity contribution in [2.75, 3.05) is 22.1 Å². The molecule has 2 aromatic carbocycles. The highest BCUT2D eigenvalue weighted by molar-refractivity contribution is 7.80. The SMILES string of the molecule is N#CCCN(Cc1ccco1)c1ncncc1NC(=S)Nc1ccccc1-c1ccccc1. The summed E-state index contributed by atoms with van der Waals surface area (Å²) in [5.41, 5.74) is 3.65. The van der Waals surface area contributed by atoms with Gasteiger partial charge in [0.2, 0.25) is 0 Å². The van der Waals surface area contributed by atoms with Gasteiger partial charge >= 0.3 is 0 Å². The van der Waals surface area contributed by atoms with Gasteiger partial charge in [0, 0.05) is 17.8 Å². The smallest absolute Gasteiger partial charge is 0.175 e. The molecule has 0 bridgehead atoms. The predicted molar refractivity (Wildman–Crippen MR) is 134 cm³/mol. The Hall–Kier alpha value is -4.22. The Balaban J connectivity index is 1.54. The molecule has 0 unspecified atom stereocenters. The molecule has 0 aliphatic rings. The third-order valence-corrected chi connectivity index (χ3v) is 5.12. The molecule has 2 N–H and O–H groups in total. The van der Waals surface area contributed by atoms with Gasteiger partial charge in [0.05, 0.1) is 31.5 Å². The van der Waals surface area contributed by atoms with Gasteiger partial charge in [0.15, 0.2) is 10.9 Å². The van der Waals surface area contributed by atoms with Gasteiger partial charge in [0.25, 0.3) is 0 Å². The molecule has 0 saturated heterocycles. The van der Waals surface area contributed by atoms with Crippen LogP contribution in [0.15, 0.2) is 89.9 Å². The van der Waals surface area contributed by atoms with Crippen LogP contribution < -0.4 is 15.5 Å². The van der Waals surface area contributed by atoms with E-state index in [0.29, 0.717) is 36.1 Å². The standard InChI is InChI=1S/C25H22N6OS/c26-13-7-14-31(17-20-10-6-15-32-20)24-23(16-27-18-28-24)30-25(33)29-22-12-5-4-11-21(22)19-8-2-1-3-9-19/h1-6,8-12,15-16,18H,7,14,17H2,(H2,29,30,33). The molecule has 0 atom stereocenters. The third-order valence-electron chi connectivity index (χ3n) is 4.92. The largest absolute Gasteiger partial charge is 0.467 e. The summed E-state index contributed by atoms with van der Waals surface area (Å²) < 4.78 is 5.49. The van der Waals surface area contributed by atoms with Crippen LogP contribution in [-0.4, -0.2) is 21.6 Å². The van der Waals surface area contributed by atoms with Crippen molar-refractivity contribution in [3.8, 4) is 17.2 Å². The number of nitriles is 1. The maximum absolute atomic E-state index is 9.11. The van der Waals surface area contributed by atoms with Crippen LogP contribution in [0.1, 0.15) is 12.2 Å². The van der Waals surface area contributed by atoms with Gasteiger partial charge in [-0.05, 0) is 36.0 Å². The van der Waals surface area contributed by atoms with Crippen molar-refractivity contribution in [2.24, 2.45) is 0 Å². The molecule has 2 heterocycles. The van der Waals surface area contributed by atoms with E-state index in [2.05, 4.69) is 38.8 Å². The molecule has 0 radical (unpaired) electrons. The van der Waals surface area contributed by atoms with E-state index in [4.69, 9.17) is 21.9 Å². The van der Waals surface area contributed by atoms with Crippen molar-refractivity contribution >= 4 is 34.5 Å². The molecule has 164 valence electrons. The zero-order valence-electron chi connectivity index (χ0n) is 17.8. The highest BCUT2D eigenvalue weighted by Crippen LogP contribution is 2.28. The second-order valence-electron chi connectivity index (χ2n) is 7.16. The molecule has 7 nitrogen and oxygen atoms in total. The number of furan rings is 1. The van der Waals surface area contributed by atoms with Gasteiger partial charge in [-0.25, -0.2) is 9.97 Å². The summed E-state index contributed by atoms with van der Waals surface area (Å²) in [5.74, 6) is 1.41. The summed E-state index contributed by atoms with van der Waals surface area (Å²) in [5, 5.41) is 16.0. The predicted octanol–water partition coefficient (Wildman–Crippen LogP) is 5.47. The number of thiocarbonyl (C=S) groups is 1. The van der Waals surface area contributed by atoms with E-state index in [1.807, 2.05) is 59.5 Å². The number of para-hydroxylation sites is 1. The van der Waals surface area contributed by atoms with Crippen LogP contribution in [-0.2, 0) is 6.54 Å². The van der Waals surface area contributed by atoms with E-state index >= 15 is 0 Å². The van der Waals surface area contributed by atoms with E-state index in [1.54, 1.807) is 12.5 Å². The number of rotatable bonds is 8. The highest BCUT2D eigenvalue weighted by Gasteiger charge is 2.16. The van der Waals surface area contributed by atoms with Crippen molar-refractivity contribution in [3.63, 3.8) is 0 Å². The molecule has 8 heteroatoms. The monoisotopic (exact) mass is 454 g/mol. The first-order valence-electron chi connectivity index (χ1n) is 10.4. The van der Waals surface area contributed by atoms with Crippen molar-refractivity contribution in [2.45, 2.75) is 13.0 Å². The minimum Gasteiger partial charge on any atom is -0.467 e. The number of hydrogen-bond acceptors (Lipinski definition) is 6. The molecule has 33 heavy (non-hydrogen) atoms. The van der Waals surface area contributed by atoms with Gasteiger partial charge in [-0.1, -0.05) is 48.5 Å². The highest BCUT2D eigenvalue weighted by atomic mass is 32.1. The van der Waals surface area contributed by atoms with Crippen LogP contribution in [0.5, 0.6) is 0 Å². The third kappa shape index (κ3) is 5.73. The number of nitrogens with one attached hydrogen (secondary N) is 2. The minimum absolute atomic E-state index is 0.345. The number of aromatic nitrogens is 2. The molecule has 0 amide bonds. The zero-order chi connectivity index (χ0) is 22.9. The van der Waals surface area contributed by atoms with Crippen molar-refractivity contribution in [1.29, 1.82) is 5.26 Å². The van der Waals surface area contributed by atoms with Gasteiger partial charge in [-0.15, -0.1) is 0 Å². The molecule has 0 aliphatic heterocycles. The first kappa shape index (κ1) is 22.0. The minimum atomic E-state index is 0.345. The molecule has 4 rings (SSSR count). The average molecular weight is 455 g/mol. The fourth-order valence-corrected chi connectivity index (χ4v) is 3.66. The Morgan fingerprint density at radius 1 is 1.00 bits per heavy atom. The molecular formula is C25H22N6OS. The Morgan fingerprint density at radius 3 is 2.58 bits per heavy atom. The first-order valence-corrected chi connectivity index (χ1v) is 10.8. The quantitative estimate of drug-likeness (QED) is 0.339. The normalized spacial score (nSPS) is 10.3. The first-order chi connectivity index (χ1) is 16.2. The summed E-state index contributed by atoms with van der Waals surface area (Å²) in [4.78, 5) is 10.6. The summed E-state index contributed by atoms with van der Waals surface area (Å²) in [6.45, 7) is 0.956.